The first kappa shape index (κ1) is 43.4. The number of benzene rings is 12. The van der Waals surface area contributed by atoms with Crippen LogP contribution in [0.15, 0.2) is 290 Å². The second kappa shape index (κ2) is 18.9. The molecule has 0 aliphatic heterocycles. The average molecular weight is 930 g/mol. The summed E-state index contributed by atoms with van der Waals surface area (Å²) >= 11 is 0. The fourth-order valence-electron chi connectivity index (χ4n) is 11.1. The standard InChI is InChI=1S/C71H47NO/c1-10-28-48(29-11-1)59-47-72-71(73-59)70-68-57(60(49-30-12-2-13-31-49)62(51-34-16-4-17-35-51)64(53-38-20-6-21-39-53)66(68)55-42-24-8-25-43-55)46-58-61(50-32-14-3-15-33-50)63(52-36-18-5-19-37-52)65(54-40-22-7-23-41-54)67(69(58)70)56-44-26-9-27-45-56/h1-47H. The molecular formula is C71H47NO. The molecule has 1 heterocycles. The zero-order valence-corrected chi connectivity index (χ0v) is 40.0. The van der Waals surface area contributed by atoms with Gasteiger partial charge >= 0.3 is 0 Å². The van der Waals surface area contributed by atoms with Crippen LogP contribution in [0.25, 0.3) is 133 Å². The van der Waals surface area contributed by atoms with Gasteiger partial charge in [-0.3, -0.25) is 0 Å². The van der Waals surface area contributed by atoms with Crippen LogP contribution in [-0.4, -0.2) is 4.98 Å². The molecular weight excluding hydrogens is 883 g/mol. The Morgan fingerprint density at radius 1 is 0.219 bits per heavy atom. The van der Waals surface area contributed by atoms with Crippen LogP contribution in [0.4, 0.5) is 0 Å². The van der Waals surface area contributed by atoms with Crippen LogP contribution in [0.2, 0.25) is 0 Å². The maximum atomic E-state index is 7.35. The van der Waals surface area contributed by atoms with Gasteiger partial charge in [0.05, 0.1) is 11.8 Å². The fourth-order valence-corrected chi connectivity index (χ4v) is 11.1. The topological polar surface area (TPSA) is 26.0 Å². The second-order valence-electron chi connectivity index (χ2n) is 18.4. The third-order valence-corrected chi connectivity index (χ3v) is 14.1. The van der Waals surface area contributed by atoms with Crippen LogP contribution in [0.1, 0.15) is 0 Å². The van der Waals surface area contributed by atoms with Gasteiger partial charge in [-0.25, -0.2) is 4.98 Å². The first-order chi connectivity index (χ1) is 36.3. The van der Waals surface area contributed by atoms with E-state index in [9.17, 15) is 0 Å². The molecule has 0 saturated carbocycles. The van der Waals surface area contributed by atoms with E-state index in [1.165, 1.54) is 0 Å². The Labute approximate surface area is 425 Å². The molecule has 0 aliphatic carbocycles. The summed E-state index contributed by atoms with van der Waals surface area (Å²) in [5.74, 6) is 1.24. The summed E-state index contributed by atoms with van der Waals surface area (Å²) in [4.78, 5) is 5.44. The first-order valence-electron chi connectivity index (χ1n) is 25.0. The van der Waals surface area contributed by atoms with Gasteiger partial charge in [0.1, 0.15) is 0 Å². The Balaban J connectivity index is 1.41. The molecule has 0 fully saturated rings. The van der Waals surface area contributed by atoms with Crippen molar-refractivity contribution in [2.24, 2.45) is 0 Å². The van der Waals surface area contributed by atoms with Gasteiger partial charge in [0.25, 0.3) is 0 Å². The fraction of sp³-hybridized carbons (Fsp3) is 0. The predicted molar refractivity (Wildman–Crippen MR) is 306 cm³/mol. The first-order valence-corrected chi connectivity index (χ1v) is 25.0. The minimum absolute atomic E-state index is 0.541. The molecule has 0 amide bonds. The van der Waals surface area contributed by atoms with Crippen LogP contribution >= 0.6 is 0 Å². The predicted octanol–water partition coefficient (Wildman–Crippen LogP) is 19.7. The molecule has 73 heavy (non-hydrogen) atoms. The Bertz CT molecular complexity index is 3820. The van der Waals surface area contributed by atoms with Crippen molar-refractivity contribution in [2.45, 2.75) is 0 Å². The molecule has 0 unspecified atom stereocenters. The van der Waals surface area contributed by atoms with Crippen molar-refractivity contribution in [1.82, 2.24) is 4.98 Å². The molecule has 0 N–H and O–H groups in total. The van der Waals surface area contributed by atoms with E-state index >= 15 is 0 Å². The van der Waals surface area contributed by atoms with E-state index in [1.807, 2.05) is 12.3 Å². The lowest BCUT2D eigenvalue weighted by atomic mass is 9.73. The van der Waals surface area contributed by atoms with Gasteiger partial charge in [0, 0.05) is 16.3 Å². The zero-order valence-electron chi connectivity index (χ0n) is 40.0. The number of rotatable bonds is 10. The van der Waals surface area contributed by atoms with Gasteiger partial charge in [0.15, 0.2) is 5.76 Å². The van der Waals surface area contributed by atoms with Gasteiger partial charge in [0.2, 0.25) is 5.89 Å². The van der Waals surface area contributed by atoms with Crippen molar-refractivity contribution < 1.29 is 4.42 Å². The van der Waals surface area contributed by atoms with Crippen LogP contribution in [0.3, 0.4) is 0 Å². The Hall–Kier alpha value is -9.63. The molecule has 0 atom stereocenters. The van der Waals surface area contributed by atoms with Crippen molar-refractivity contribution >= 4 is 21.5 Å². The minimum atomic E-state index is 0.541. The second-order valence-corrected chi connectivity index (χ2v) is 18.4. The largest absolute Gasteiger partial charge is 0.436 e. The highest BCUT2D eigenvalue weighted by Gasteiger charge is 2.33. The molecule has 2 nitrogen and oxygen atoms in total. The smallest absolute Gasteiger partial charge is 0.228 e. The minimum Gasteiger partial charge on any atom is -0.436 e. The zero-order chi connectivity index (χ0) is 48.5. The van der Waals surface area contributed by atoms with E-state index in [0.717, 1.165) is 122 Å². The lowest BCUT2D eigenvalue weighted by molar-refractivity contribution is 0.590. The maximum absolute atomic E-state index is 7.35. The molecule has 0 bridgehead atoms. The highest BCUT2D eigenvalue weighted by molar-refractivity contribution is 6.32. The molecule has 13 aromatic rings. The SMILES string of the molecule is c1ccc(-c2cnc(-c3c4c(-c5ccccc5)c(-c5ccccc5)c(-c5ccccc5)c(-c5ccccc5)c4cc4c(-c5ccccc5)c(-c5ccccc5)c(-c5ccccc5)c(-c5ccccc5)c34)o2)cc1. The molecule has 0 spiro atoms. The molecule has 1 aromatic heterocycles. The van der Waals surface area contributed by atoms with Gasteiger partial charge in [-0.15, -0.1) is 0 Å². The van der Waals surface area contributed by atoms with Crippen LogP contribution in [0.5, 0.6) is 0 Å². The van der Waals surface area contributed by atoms with Crippen LogP contribution in [-0.2, 0) is 0 Å². The normalized spacial score (nSPS) is 11.3. The number of nitrogens with zero attached hydrogens (tertiary/aromatic N) is 1. The van der Waals surface area contributed by atoms with Crippen molar-refractivity contribution in [2.75, 3.05) is 0 Å². The van der Waals surface area contributed by atoms with E-state index in [0.29, 0.717) is 11.7 Å². The highest BCUT2D eigenvalue weighted by Crippen LogP contribution is 2.59. The van der Waals surface area contributed by atoms with Gasteiger partial charge < -0.3 is 4.42 Å². The summed E-state index contributed by atoms with van der Waals surface area (Å²) in [6, 6.07) is 100. The van der Waals surface area contributed by atoms with E-state index < -0.39 is 0 Å². The molecule has 342 valence electrons. The van der Waals surface area contributed by atoms with Crippen molar-refractivity contribution in [3.8, 4) is 112 Å². The summed E-state index contributed by atoms with van der Waals surface area (Å²) in [5.41, 5.74) is 19.8. The van der Waals surface area contributed by atoms with Crippen molar-refractivity contribution in [1.29, 1.82) is 0 Å². The molecule has 2 heteroatoms. The van der Waals surface area contributed by atoms with Gasteiger partial charge in [-0.05, 0) is 106 Å². The summed E-state index contributed by atoms with van der Waals surface area (Å²) in [5, 5.41) is 4.29. The summed E-state index contributed by atoms with van der Waals surface area (Å²) in [6.45, 7) is 0. The lowest BCUT2D eigenvalue weighted by Crippen LogP contribution is -2.02. The molecule has 0 saturated heterocycles. The lowest BCUT2D eigenvalue weighted by Gasteiger charge is -2.29. The molecule has 0 aliphatic rings. The number of hydrogen-bond acceptors (Lipinski definition) is 2. The van der Waals surface area contributed by atoms with Crippen molar-refractivity contribution in [3.63, 3.8) is 0 Å². The molecule has 0 radical (unpaired) electrons. The quantitative estimate of drug-likeness (QED) is 0.128. The van der Waals surface area contributed by atoms with E-state index in [4.69, 9.17) is 9.40 Å². The molecule has 13 rings (SSSR count). The van der Waals surface area contributed by atoms with Gasteiger partial charge in [-0.2, -0.15) is 0 Å². The Morgan fingerprint density at radius 2 is 0.452 bits per heavy atom. The number of oxazole rings is 1. The number of aromatic nitrogens is 1. The summed E-state index contributed by atoms with van der Waals surface area (Å²) in [7, 11) is 0. The van der Waals surface area contributed by atoms with Gasteiger partial charge in [-0.1, -0.05) is 273 Å². The summed E-state index contributed by atoms with van der Waals surface area (Å²) < 4.78 is 7.35. The van der Waals surface area contributed by atoms with Crippen LogP contribution < -0.4 is 0 Å². The van der Waals surface area contributed by atoms with E-state index in [2.05, 4.69) is 273 Å². The highest BCUT2D eigenvalue weighted by atomic mass is 16.4. The number of hydrogen-bond donors (Lipinski definition) is 0. The Morgan fingerprint density at radius 3 is 0.740 bits per heavy atom. The maximum Gasteiger partial charge on any atom is 0.228 e. The third-order valence-electron chi connectivity index (χ3n) is 14.1. The van der Waals surface area contributed by atoms with Crippen LogP contribution in [0, 0.1) is 0 Å². The van der Waals surface area contributed by atoms with E-state index in [-0.39, 0.29) is 0 Å². The molecule has 12 aromatic carbocycles. The van der Waals surface area contributed by atoms with Crippen molar-refractivity contribution in [3.05, 3.63) is 285 Å². The van der Waals surface area contributed by atoms with E-state index in [1.54, 1.807) is 0 Å². The Kier molecular flexibility index (Phi) is 11.3. The third kappa shape index (κ3) is 7.74. The average Bonchev–Trinajstić information content (AvgIpc) is 3.98. The monoisotopic (exact) mass is 929 g/mol. The summed E-state index contributed by atoms with van der Waals surface area (Å²) in [6.07, 6.45) is 1.91. The number of fused-ring (bicyclic) bond motifs is 2.